The summed E-state index contributed by atoms with van der Waals surface area (Å²) in [6.07, 6.45) is 0. The van der Waals surface area contributed by atoms with Crippen LogP contribution in [0.2, 0.25) is 0 Å². The van der Waals surface area contributed by atoms with Gasteiger partial charge in [-0.05, 0) is 67.6 Å². The van der Waals surface area contributed by atoms with E-state index in [0.29, 0.717) is 5.56 Å². The fourth-order valence-electron chi connectivity index (χ4n) is 2.90. The second kappa shape index (κ2) is 6.66. The van der Waals surface area contributed by atoms with Crippen LogP contribution in [0.5, 0.6) is 0 Å². The van der Waals surface area contributed by atoms with E-state index in [-0.39, 0.29) is 22.6 Å². The smallest absolute Gasteiger partial charge is 0.252 e. The first kappa shape index (κ1) is 18.3. The van der Waals surface area contributed by atoms with Gasteiger partial charge in [-0.25, -0.2) is 17.5 Å². The second-order valence-electron chi connectivity index (χ2n) is 6.41. The van der Waals surface area contributed by atoms with Gasteiger partial charge in [-0.1, -0.05) is 11.6 Å². The van der Waals surface area contributed by atoms with E-state index in [9.17, 15) is 17.6 Å². The molecule has 0 bridgehead atoms. The lowest BCUT2D eigenvalue weighted by molar-refractivity contribution is 0.579. The number of nitrogens with one attached hydrogen (secondary N) is 2. The number of aromatic nitrogens is 1. The predicted octanol–water partition coefficient (Wildman–Crippen LogP) is 3.07. The molecular weight excluding hydrogens is 355 g/mol. The highest BCUT2D eigenvalue weighted by Gasteiger charge is 2.16. The second-order valence-corrected chi connectivity index (χ2v) is 8.17. The number of hydrogen-bond acceptors (Lipinski definition) is 3. The monoisotopic (exact) mass is 374 g/mol. The Kier molecular flexibility index (Phi) is 4.68. The summed E-state index contributed by atoms with van der Waals surface area (Å²) in [5.41, 5.74) is 2.94. The summed E-state index contributed by atoms with van der Waals surface area (Å²) >= 11 is 0. The first-order chi connectivity index (χ1) is 12.2. The van der Waals surface area contributed by atoms with E-state index in [0.717, 1.165) is 28.1 Å². The maximum Gasteiger partial charge on any atom is 0.252 e. The third kappa shape index (κ3) is 3.54. The molecule has 0 atom stereocenters. The van der Waals surface area contributed by atoms with Gasteiger partial charge in [0, 0.05) is 12.1 Å². The van der Waals surface area contributed by atoms with Crippen molar-refractivity contribution in [3.63, 3.8) is 0 Å². The largest absolute Gasteiger partial charge is 0.321 e. The van der Waals surface area contributed by atoms with Crippen LogP contribution in [0.15, 0.2) is 46.1 Å². The number of benzene rings is 2. The van der Waals surface area contributed by atoms with Gasteiger partial charge in [0.25, 0.3) is 5.56 Å². The minimum atomic E-state index is -3.85. The van der Waals surface area contributed by atoms with Gasteiger partial charge >= 0.3 is 0 Å². The minimum absolute atomic E-state index is 0.0414. The number of halogens is 1. The van der Waals surface area contributed by atoms with E-state index < -0.39 is 15.8 Å². The third-order valence-electron chi connectivity index (χ3n) is 4.26. The first-order valence-electron chi connectivity index (χ1n) is 8.06. The van der Waals surface area contributed by atoms with Crippen molar-refractivity contribution in [2.45, 2.75) is 32.2 Å². The van der Waals surface area contributed by atoms with Crippen LogP contribution in [0.3, 0.4) is 0 Å². The van der Waals surface area contributed by atoms with Crippen molar-refractivity contribution in [2.24, 2.45) is 0 Å². The van der Waals surface area contributed by atoms with E-state index in [1.165, 1.54) is 19.1 Å². The topological polar surface area (TPSA) is 79.0 Å². The fraction of sp³-hybridized carbons (Fsp3) is 0.211. The molecule has 0 radical (unpaired) electrons. The number of aromatic amines is 1. The van der Waals surface area contributed by atoms with Crippen molar-refractivity contribution >= 4 is 20.9 Å². The highest BCUT2D eigenvalue weighted by Crippen LogP contribution is 2.18. The van der Waals surface area contributed by atoms with Gasteiger partial charge in [-0.2, -0.15) is 0 Å². The quantitative estimate of drug-likeness (QED) is 0.737. The molecule has 0 unspecified atom stereocenters. The molecule has 0 aliphatic heterocycles. The zero-order valence-electron chi connectivity index (χ0n) is 14.7. The van der Waals surface area contributed by atoms with Crippen LogP contribution < -0.4 is 10.3 Å². The Morgan fingerprint density at radius 3 is 2.46 bits per heavy atom. The lowest BCUT2D eigenvalue weighted by atomic mass is 10.1. The molecule has 1 heterocycles. The van der Waals surface area contributed by atoms with Crippen LogP contribution in [0.1, 0.15) is 22.3 Å². The van der Waals surface area contributed by atoms with Crippen LogP contribution in [0.4, 0.5) is 4.39 Å². The molecule has 0 amide bonds. The number of hydrogen-bond donors (Lipinski definition) is 2. The Bertz CT molecular complexity index is 1170. The molecule has 3 aromatic rings. The van der Waals surface area contributed by atoms with Gasteiger partial charge in [0.1, 0.15) is 5.82 Å². The number of aryl methyl sites for hydroxylation is 3. The molecular formula is C19H19FN2O3S. The van der Waals surface area contributed by atoms with E-state index in [1.54, 1.807) is 6.07 Å². The van der Waals surface area contributed by atoms with Crippen molar-refractivity contribution in [3.8, 4) is 0 Å². The molecule has 0 spiro atoms. The maximum atomic E-state index is 13.3. The Balaban J connectivity index is 1.92. The van der Waals surface area contributed by atoms with E-state index >= 15 is 0 Å². The normalized spacial score (nSPS) is 11.8. The summed E-state index contributed by atoms with van der Waals surface area (Å²) in [4.78, 5) is 15.0. The third-order valence-corrected chi connectivity index (χ3v) is 5.66. The molecule has 0 saturated heterocycles. The molecule has 136 valence electrons. The summed E-state index contributed by atoms with van der Waals surface area (Å²) in [7, 11) is -3.85. The summed E-state index contributed by atoms with van der Waals surface area (Å²) in [6, 6.07) is 9.15. The number of fused-ring (bicyclic) bond motifs is 1. The molecule has 0 saturated carbocycles. The number of rotatable bonds is 4. The molecule has 3 rings (SSSR count). The van der Waals surface area contributed by atoms with E-state index in [2.05, 4.69) is 9.71 Å². The van der Waals surface area contributed by atoms with Gasteiger partial charge in [0.2, 0.25) is 10.0 Å². The zero-order chi connectivity index (χ0) is 19.1. The Hall–Kier alpha value is -2.51. The Morgan fingerprint density at radius 1 is 1.04 bits per heavy atom. The van der Waals surface area contributed by atoms with Gasteiger partial charge < -0.3 is 4.98 Å². The minimum Gasteiger partial charge on any atom is -0.321 e. The predicted molar refractivity (Wildman–Crippen MR) is 99.2 cm³/mol. The number of H-pyrrole nitrogens is 1. The van der Waals surface area contributed by atoms with Crippen LogP contribution in [-0.4, -0.2) is 13.4 Å². The van der Waals surface area contributed by atoms with Gasteiger partial charge in [0.05, 0.1) is 10.4 Å². The van der Waals surface area contributed by atoms with Gasteiger partial charge in [-0.3, -0.25) is 4.79 Å². The molecule has 7 heteroatoms. The van der Waals surface area contributed by atoms with Crippen LogP contribution in [0.25, 0.3) is 10.9 Å². The molecule has 2 aromatic carbocycles. The van der Waals surface area contributed by atoms with Crippen molar-refractivity contribution < 1.29 is 12.8 Å². The number of sulfonamides is 1. The molecule has 0 fully saturated rings. The number of pyridine rings is 1. The van der Waals surface area contributed by atoms with Crippen molar-refractivity contribution in [2.75, 3.05) is 0 Å². The SMILES string of the molecule is Cc1cc(C)c2[nH]c(=O)c(CNS(=O)(=O)c3ccc(F)c(C)c3)cc2c1. The molecule has 2 N–H and O–H groups in total. The standard InChI is InChI=1S/C19H19FN2O3S/c1-11-6-13(3)18-14(7-11)9-15(19(23)22-18)10-21-26(24,25)16-4-5-17(20)12(2)8-16/h4-9,21H,10H2,1-3H3,(H,22,23). The average molecular weight is 374 g/mol. The van der Waals surface area contributed by atoms with Crippen molar-refractivity contribution in [1.82, 2.24) is 9.71 Å². The Labute approximate surface area is 150 Å². The summed E-state index contributed by atoms with van der Waals surface area (Å²) < 4.78 is 40.6. The average Bonchev–Trinajstić information content (AvgIpc) is 2.56. The molecule has 26 heavy (non-hydrogen) atoms. The molecule has 0 aliphatic carbocycles. The summed E-state index contributed by atoms with van der Waals surface area (Å²) in [5.74, 6) is -0.472. The Morgan fingerprint density at radius 2 is 1.77 bits per heavy atom. The van der Waals surface area contributed by atoms with E-state index in [4.69, 9.17) is 0 Å². The highest BCUT2D eigenvalue weighted by atomic mass is 32.2. The zero-order valence-corrected chi connectivity index (χ0v) is 15.5. The first-order valence-corrected chi connectivity index (χ1v) is 9.55. The van der Waals surface area contributed by atoms with Crippen LogP contribution in [-0.2, 0) is 16.6 Å². The van der Waals surface area contributed by atoms with Crippen LogP contribution in [0, 0.1) is 26.6 Å². The van der Waals surface area contributed by atoms with Gasteiger partial charge in [0.15, 0.2) is 0 Å². The van der Waals surface area contributed by atoms with E-state index in [1.807, 2.05) is 26.0 Å². The van der Waals surface area contributed by atoms with Gasteiger partial charge in [-0.15, -0.1) is 0 Å². The fourth-order valence-corrected chi connectivity index (χ4v) is 4.00. The lowest BCUT2D eigenvalue weighted by Crippen LogP contribution is -2.27. The molecule has 1 aromatic heterocycles. The maximum absolute atomic E-state index is 13.3. The highest BCUT2D eigenvalue weighted by molar-refractivity contribution is 7.89. The van der Waals surface area contributed by atoms with Crippen molar-refractivity contribution in [3.05, 3.63) is 74.8 Å². The summed E-state index contributed by atoms with van der Waals surface area (Å²) in [6.45, 7) is 5.20. The molecule has 0 aliphatic rings. The van der Waals surface area contributed by atoms with Crippen molar-refractivity contribution in [1.29, 1.82) is 0 Å². The summed E-state index contributed by atoms with van der Waals surface area (Å²) in [5, 5.41) is 0.842. The van der Waals surface area contributed by atoms with Crippen LogP contribution >= 0.6 is 0 Å². The lowest BCUT2D eigenvalue weighted by Gasteiger charge is -2.09. The molecule has 5 nitrogen and oxygen atoms in total.